The minimum absolute atomic E-state index is 0.368. The molecule has 0 fully saturated rings. The van der Waals surface area contributed by atoms with Crippen molar-refractivity contribution < 1.29 is 14.2 Å². The van der Waals surface area contributed by atoms with Gasteiger partial charge in [-0.15, -0.1) is 0 Å². The fourth-order valence-corrected chi connectivity index (χ4v) is 1.69. The van der Waals surface area contributed by atoms with Crippen molar-refractivity contribution in [3.05, 3.63) is 12.1 Å². The fourth-order valence-electron chi connectivity index (χ4n) is 1.69. The number of fused-ring (bicyclic) bond motifs is 1. The number of ether oxygens (including phenoxy) is 3. The standard InChI is InChI=1S/C12H17NO3/c1-8(2)13-9-6-10(14-3)12-11(7-9)15-4-5-16-12/h6-8,13H,4-5H2,1-3H3. The molecular formula is C12H17NO3. The third-order valence-corrected chi connectivity index (χ3v) is 2.28. The first-order valence-corrected chi connectivity index (χ1v) is 5.45. The summed E-state index contributed by atoms with van der Waals surface area (Å²) in [4.78, 5) is 0. The van der Waals surface area contributed by atoms with Crippen LogP contribution in [0.4, 0.5) is 5.69 Å². The van der Waals surface area contributed by atoms with Gasteiger partial charge in [0.05, 0.1) is 7.11 Å². The third kappa shape index (κ3) is 2.15. The molecule has 0 saturated heterocycles. The Morgan fingerprint density at radius 1 is 1.25 bits per heavy atom. The number of benzene rings is 1. The Balaban J connectivity index is 2.35. The van der Waals surface area contributed by atoms with Crippen LogP contribution >= 0.6 is 0 Å². The van der Waals surface area contributed by atoms with Gasteiger partial charge in [-0.25, -0.2) is 0 Å². The number of hydrogen-bond donors (Lipinski definition) is 1. The van der Waals surface area contributed by atoms with Gasteiger partial charge in [-0.3, -0.25) is 0 Å². The number of nitrogens with one attached hydrogen (secondary N) is 1. The summed E-state index contributed by atoms with van der Waals surface area (Å²) in [6.45, 7) is 5.33. The number of hydrogen-bond acceptors (Lipinski definition) is 4. The molecule has 16 heavy (non-hydrogen) atoms. The van der Waals surface area contributed by atoms with Gasteiger partial charge in [-0.2, -0.15) is 0 Å². The van der Waals surface area contributed by atoms with Crippen LogP contribution in [0.15, 0.2) is 12.1 Å². The van der Waals surface area contributed by atoms with Crippen LogP contribution in [0.1, 0.15) is 13.8 Å². The van der Waals surface area contributed by atoms with Crippen molar-refractivity contribution >= 4 is 5.69 Å². The SMILES string of the molecule is COc1cc(NC(C)C)cc2c1OCCO2. The molecule has 0 unspecified atom stereocenters. The predicted octanol–water partition coefficient (Wildman–Crippen LogP) is 2.29. The summed E-state index contributed by atoms with van der Waals surface area (Å²) in [6, 6.07) is 4.23. The van der Waals surface area contributed by atoms with Crippen LogP contribution in [0, 0.1) is 0 Å². The second-order valence-corrected chi connectivity index (χ2v) is 4.00. The lowest BCUT2D eigenvalue weighted by Crippen LogP contribution is -2.17. The summed E-state index contributed by atoms with van der Waals surface area (Å²) in [5.41, 5.74) is 0.983. The molecule has 1 aromatic rings. The van der Waals surface area contributed by atoms with Crippen LogP contribution in [-0.2, 0) is 0 Å². The molecule has 0 radical (unpaired) electrons. The van der Waals surface area contributed by atoms with Crippen molar-refractivity contribution in [2.45, 2.75) is 19.9 Å². The van der Waals surface area contributed by atoms with E-state index >= 15 is 0 Å². The Kier molecular flexibility index (Phi) is 3.08. The first-order valence-electron chi connectivity index (χ1n) is 5.45. The van der Waals surface area contributed by atoms with E-state index in [1.54, 1.807) is 7.11 Å². The first kappa shape index (κ1) is 10.9. The monoisotopic (exact) mass is 223 g/mol. The molecule has 1 aromatic carbocycles. The summed E-state index contributed by atoms with van der Waals surface area (Å²) in [5.74, 6) is 2.15. The zero-order valence-electron chi connectivity index (χ0n) is 9.87. The summed E-state index contributed by atoms with van der Waals surface area (Å²) < 4.78 is 16.4. The maximum absolute atomic E-state index is 5.54. The van der Waals surface area contributed by atoms with E-state index in [0.717, 1.165) is 11.4 Å². The lowest BCUT2D eigenvalue weighted by Gasteiger charge is -2.22. The summed E-state index contributed by atoms with van der Waals surface area (Å²) in [6.07, 6.45) is 0. The highest BCUT2D eigenvalue weighted by atomic mass is 16.6. The van der Waals surface area contributed by atoms with Gasteiger partial charge in [0.25, 0.3) is 0 Å². The van der Waals surface area contributed by atoms with E-state index in [0.29, 0.717) is 30.8 Å². The molecule has 1 N–H and O–H groups in total. The topological polar surface area (TPSA) is 39.7 Å². The molecule has 88 valence electrons. The maximum Gasteiger partial charge on any atom is 0.203 e. The lowest BCUT2D eigenvalue weighted by atomic mass is 10.2. The Hall–Kier alpha value is -1.58. The van der Waals surface area contributed by atoms with Crippen LogP contribution in [0.2, 0.25) is 0 Å². The van der Waals surface area contributed by atoms with Crippen LogP contribution < -0.4 is 19.5 Å². The second-order valence-electron chi connectivity index (χ2n) is 4.00. The molecule has 2 rings (SSSR count). The minimum atomic E-state index is 0.368. The second kappa shape index (κ2) is 4.51. The quantitative estimate of drug-likeness (QED) is 0.853. The Bertz CT molecular complexity index is 360. The normalized spacial score (nSPS) is 13.8. The van der Waals surface area contributed by atoms with Crippen molar-refractivity contribution in [2.24, 2.45) is 0 Å². The highest BCUT2D eigenvalue weighted by molar-refractivity contribution is 5.63. The van der Waals surface area contributed by atoms with Gasteiger partial charge in [0.2, 0.25) is 5.75 Å². The van der Waals surface area contributed by atoms with Gasteiger partial charge in [0, 0.05) is 23.9 Å². The molecule has 0 saturated carbocycles. The van der Waals surface area contributed by atoms with E-state index in [2.05, 4.69) is 19.2 Å². The van der Waals surface area contributed by atoms with E-state index < -0.39 is 0 Å². The van der Waals surface area contributed by atoms with Crippen LogP contribution in [0.25, 0.3) is 0 Å². The van der Waals surface area contributed by atoms with Crippen molar-refractivity contribution in [2.75, 3.05) is 25.6 Å². The van der Waals surface area contributed by atoms with E-state index in [1.165, 1.54) is 0 Å². The molecule has 0 aromatic heterocycles. The first-order chi connectivity index (χ1) is 7.70. The lowest BCUT2D eigenvalue weighted by molar-refractivity contribution is 0.165. The molecule has 0 atom stereocenters. The number of anilines is 1. The average Bonchev–Trinajstić information content (AvgIpc) is 2.27. The van der Waals surface area contributed by atoms with E-state index in [-0.39, 0.29) is 0 Å². The minimum Gasteiger partial charge on any atom is -0.493 e. The molecule has 0 amide bonds. The number of methoxy groups -OCH3 is 1. The fraction of sp³-hybridized carbons (Fsp3) is 0.500. The molecule has 1 heterocycles. The molecule has 1 aliphatic rings. The maximum atomic E-state index is 5.54. The molecule has 4 heteroatoms. The van der Waals surface area contributed by atoms with Gasteiger partial charge in [-0.1, -0.05) is 0 Å². The largest absolute Gasteiger partial charge is 0.493 e. The van der Waals surface area contributed by atoms with Crippen LogP contribution in [0.3, 0.4) is 0 Å². The molecule has 0 bridgehead atoms. The van der Waals surface area contributed by atoms with Gasteiger partial charge in [-0.05, 0) is 13.8 Å². The molecule has 4 nitrogen and oxygen atoms in total. The van der Waals surface area contributed by atoms with E-state index in [4.69, 9.17) is 14.2 Å². The zero-order valence-corrected chi connectivity index (χ0v) is 9.87. The van der Waals surface area contributed by atoms with Crippen LogP contribution in [-0.4, -0.2) is 26.4 Å². The van der Waals surface area contributed by atoms with E-state index in [9.17, 15) is 0 Å². The van der Waals surface area contributed by atoms with Gasteiger partial charge in [0.15, 0.2) is 11.5 Å². The Morgan fingerprint density at radius 2 is 2.00 bits per heavy atom. The summed E-state index contributed by atoms with van der Waals surface area (Å²) in [5, 5.41) is 3.31. The molecule has 0 aliphatic carbocycles. The predicted molar refractivity (Wildman–Crippen MR) is 62.7 cm³/mol. The number of rotatable bonds is 3. The Labute approximate surface area is 95.5 Å². The van der Waals surface area contributed by atoms with Gasteiger partial charge in [0.1, 0.15) is 13.2 Å². The van der Waals surface area contributed by atoms with E-state index in [1.807, 2.05) is 12.1 Å². The van der Waals surface area contributed by atoms with Crippen molar-refractivity contribution in [1.82, 2.24) is 0 Å². The summed E-state index contributed by atoms with van der Waals surface area (Å²) in [7, 11) is 1.63. The van der Waals surface area contributed by atoms with Gasteiger partial charge >= 0.3 is 0 Å². The Morgan fingerprint density at radius 3 is 2.69 bits per heavy atom. The highest BCUT2D eigenvalue weighted by Gasteiger charge is 2.18. The molecule has 1 aliphatic heterocycles. The van der Waals surface area contributed by atoms with Crippen molar-refractivity contribution in [3.63, 3.8) is 0 Å². The molecular weight excluding hydrogens is 206 g/mol. The summed E-state index contributed by atoms with van der Waals surface area (Å²) >= 11 is 0. The zero-order chi connectivity index (χ0) is 11.5. The third-order valence-electron chi connectivity index (χ3n) is 2.28. The molecule has 0 spiro atoms. The smallest absolute Gasteiger partial charge is 0.203 e. The van der Waals surface area contributed by atoms with Gasteiger partial charge < -0.3 is 19.5 Å². The average molecular weight is 223 g/mol. The van der Waals surface area contributed by atoms with Crippen molar-refractivity contribution in [3.8, 4) is 17.2 Å². The van der Waals surface area contributed by atoms with Crippen LogP contribution in [0.5, 0.6) is 17.2 Å². The highest BCUT2D eigenvalue weighted by Crippen LogP contribution is 2.41. The van der Waals surface area contributed by atoms with Crippen molar-refractivity contribution in [1.29, 1.82) is 0 Å².